The summed E-state index contributed by atoms with van der Waals surface area (Å²) in [6.45, 7) is 0. The molecule has 0 rings (SSSR count). The van der Waals surface area contributed by atoms with E-state index in [0.29, 0.717) is 0 Å². The van der Waals surface area contributed by atoms with Crippen molar-refractivity contribution >= 4 is 17.9 Å². The van der Waals surface area contributed by atoms with Gasteiger partial charge in [0.25, 0.3) is 0 Å². The Morgan fingerprint density at radius 1 is 1.25 bits per heavy atom. The van der Waals surface area contributed by atoms with Crippen molar-refractivity contribution in [1.82, 2.24) is 0 Å². The highest BCUT2D eigenvalue weighted by molar-refractivity contribution is 6.27. The molecule has 66 valence electrons. The van der Waals surface area contributed by atoms with Crippen LogP contribution in [0.3, 0.4) is 0 Å². The molecule has 0 aromatic carbocycles. The zero-order valence-corrected chi connectivity index (χ0v) is 5.76. The van der Waals surface area contributed by atoms with Gasteiger partial charge >= 0.3 is 11.9 Å². The van der Waals surface area contributed by atoms with Gasteiger partial charge in [0.2, 0.25) is 12.2 Å². The summed E-state index contributed by atoms with van der Waals surface area (Å²) < 4.78 is 0. The predicted molar refractivity (Wildman–Crippen MR) is 36.7 cm³/mol. The molecule has 0 fully saturated rings. The van der Waals surface area contributed by atoms with Crippen LogP contribution in [-0.4, -0.2) is 28.1 Å². The Labute approximate surface area is 66.7 Å². The van der Waals surface area contributed by atoms with Crippen LogP contribution in [0.4, 0.5) is 0 Å². The van der Waals surface area contributed by atoms with Gasteiger partial charge in [-0.3, -0.25) is 0 Å². The summed E-state index contributed by atoms with van der Waals surface area (Å²) in [4.78, 5) is 21.1. The summed E-state index contributed by atoms with van der Waals surface area (Å²) in [6.07, 6.45) is 1.41. The molecule has 0 unspecified atom stereocenters. The Kier molecular flexibility index (Phi) is 7.03. The highest BCUT2D eigenvalue weighted by Crippen LogP contribution is 1.56. The number of nitrogens with zero attached hydrogens (tertiary/aromatic N) is 2. The van der Waals surface area contributed by atoms with Gasteiger partial charge in [-0.25, -0.2) is 9.59 Å². The summed E-state index contributed by atoms with van der Waals surface area (Å²) in [5.41, 5.74) is 9.42. The van der Waals surface area contributed by atoms with Gasteiger partial charge in [-0.05, 0) is 0 Å². The number of carboxylic acids is 2. The van der Waals surface area contributed by atoms with Crippen molar-refractivity contribution in [2.24, 2.45) is 16.5 Å². The Bertz CT molecular complexity index is 224. The summed E-state index contributed by atoms with van der Waals surface area (Å²) in [5.74, 6) is -3.84. The van der Waals surface area contributed by atoms with E-state index >= 15 is 0 Å². The molecule has 0 spiro atoms. The molecule has 0 atom stereocenters. The first kappa shape index (κ1) is 12.4. The predicted octanol–water partition coefficient (Wildman–Crippen LogP) is -2.10. The van der Waals surface area contributed by atoms with Gasteiger partial charge in [0.15, 0.2) is 0 Å². The van der Waals surface area contributed by atoms with Gasteiger partial charge in [-0.15, -0.1) is 4.99 Å². The summed E-state index contributed by atoms with van der Waals surface area (Å²) in [7, 11) is 0. The van der Waals surface area contributed by atoms with Crippen LogP contribution < -0.4 is 11.5 Å². The molecule has 0 aliphatic heterocycles. The molecule has 8 heteroatoms. The van der Waals surface area contributed by atoms with E-state index in [0.717, 1.165) is 0 Å². The van der Waals surface area contributed by atoms with Gasteiger partial charge in [-0.2, -0.15) is 5.26 Å². The monoisotopic (exact) mass is 174 g/mol. The van der Waals surface area contributed by atoms with Crippen molar-refractivity contribution in [2.75, 3.05) is 0 Å². The topological polar surface area (TPSA) is 163 Å². The number of carboxylic acid groups (broad SMARTS) is 2. The van der Waals surface area contributed by atoms with Crippen molar-refractivity contribution < 1.29 is 19.8 Å². The molecular formula is C4H6N4O4. The van der Waals surface area contributed by atoms with E-state index in [1.165, 1.54) is 6.19 Å². The van der Waals surface area contributed by atoms with Crippen LogP contribution in [0, 0.1) is 11.5 Å². The first-order valence-electron chi connectivity index (χ1n) is 2.35. The van der Waals surface area contributed by atoms with Crippen molar-refractivity contribution in [3.8, 4) is 6.19 Å². The van der Waals surface area contributed by atoms with Crippen molar-refractivity contribution in [2.45, 2.75) is 0 Å². The Morgan fingerprint density at radius 3 is 1.58 bits per heavy atom. The average Bonchev–Trinajstić information content (AvgIpc) is 1.87. The van der Waals surface area contributed by atoms with Crippen molar-refractivity contribution in [1.29, 1.82) is 5.26 Å². The minimum Gasteiger partial charge on any atom is -0.473 e. The molecular weight excluding hydrogens is 168 g/mol. The van der Waals surface area contributed by atoms with Crippen LogP contribution in [0.5, 0.6) is 0 Å². The second-order valence-corrected chi connectivity index (χ2v) is 1.25. The maximum Gasteiger partial charge on any atom is 0.414 e. The van der Waals surface area contributed by atoms with Crippen LogP contribution >= 0.6 is 0 Å². The maximum absolute atomic E-state index is 9.10. The molecule has 0 heterocycles. The number of rotatable bonds is 0. The largest absolute Gasteiger partial charge is 0.473 e. The smallest absolute Gasteiger partial charge is 0.414 e. The minimum absolute atomic E-state index is 0.197. The second-order valence-electron chi connectivity index (χ2n) is 1.25. The normalized spacial score (nSPS) is 6.58. The zero-order chi connectivity index (χ0) is 10.1. The van der Waals surface area contributed by atoms with E-state index in [-0.39, 0.29) is 5.96 Å². The lowest BCUT2D eigenvalue weighted by Crippen LogP contribution is -2.21. The lowest BCUT2D eigenvalue weighted by Gasteiger charge is -1.74. The SMILES string of the molecule is N#CN=C(N)N.O=C(O)C(=O)O. The zero-order valence-electron chi connectivity index (χ0n) is 5.76. The number of hydrogen-bond donors (Lipinski definition) is 4. The summed E-state index contributed by atoms with van der Waals surface area (Å²) >= 11 is 0. The molecule has 8 nitrogen and oxygen atoms in total. The van der Waals surface area contributed by atoms with Crippen molar-refractivity contribution in [3.05, 3.63) is 0 Å². The number of nitriles is 1. The third-order valence-electron chi connectivity index (χ3n) is 0.362. The molecule has 0 saturated carbocycles. The minimum atomic E-state index is -1.82. The standard InChI is InChI=1S/C2H4N4.C2H2O4/c3-1-6-2(4)5;3-1(4)2(5)6/h(H4,4,5,6);(H,3,4)(H,5,6). The molecule has 6 N–H and O–H groups in total. The lowest BCUT2D eigenvalue weighted by atomic mass is 10.7. The summed E-state index contributed by atoms with van der Waals surface area (Å²) in [6, 6.07) is 0. The molecule has 0 radical (unpaired) electrons. The number of hydrogen-bond acceptors (Lipinski definition) is 4. The van der Waals surface area contributed by atoms with E-state index in [1.807, 2.05) is 0 Å². The number of carbonyl (C=O) groups is 2. The van der Waals surface area contributed by atoms with Gasteiger partial charge in [0.05, 0.1) is 0 Å². The molecule has 0 aromatic rings. The molecule has 0 aliphatic carbocycles. The van der Waals surface area contributed by atoms with Gasteiger partial charge in [0.1, 0.15) is 0 Å². The first-order chi connectivity index (χ1) is 5.41. The second kappa shape index (κ2) is 6.81. The lowest BCUT2D eigenvalue weighted by molar-refractivity contribution is -0.159. The fourth-order valence-corrected chi connectivity index (χ4v) is 0.0577. The van der Waals surface area contributed by atoms with Crippen LogP contribution in [0.1, 0.15) is 0 Å². The number of nitrogens with two attached hydrogens (primary N) is 2. The average molecular weight is 174 g/mol. The van der Waals surface area contributed by atoms with E-state index < -0.39 is 11.9 Å². The van der Waals surface area contributed by atoms with Gasteiger partial charge in [0, 0.05) is 0 Å². The molecule has 0 aliphatic rings. The van der Waals surface area contributed by atoms with E-state index in [2.05, 4.69) is 4.99 Å². The van der Waals surface area contributed by atoms with Crippen LogP contribution in [-0.2, 0) is 9.59 Å². The fraction of sp³-hybridized carbons (Fsp3) is 0. The molecule has 0 saturated heterocycles. The summed E-state index contributed by atoms with van der Waals surface area (Å²) in [5, 5.41) is 22.4. The maximum atomic E-state index is 9.10. The van der Waals surface area contributed by atoms with Crippen LogP contribution in [0.15, 0.2) is 4.99 Å². The van der Waals surface area contributed by atoms with E-state index in [9.17, 15) is 0 Å². The highest BCUT2D eigenvalue weighted by Gasteiger charge is 2.04. The fourth-order valence-electron chi connectivity index (χ4n) is 0.0577. The Hall–Kier alpha value is -2.30. The van der Waals surface area contributed by atoms with Crippen LogP contribution in [0.25, 0.3) is 0 Å². The number of aliphatic imine (C=N–C) groups is 1. The van der Waals surface area contributed by atoms with Gasteiger partial charge < -0.3 is 21.7 Å². The van der Waals surface area contributed by atoms with Gasteiger partial charge in [-0.1, -0.05) is 0 Å². The quantitative estimate of drug-likeness (QED) is 0.141. The molecule has 0 aromatic heterocycles. The third kappa shape index (κ3) is 15.6. The van der Waals surface area contributed by atoms with Crippen molar-refractivity contribution in [3.63, 3.8) is 0 Å². The molecule has 0 amide bonds. The first-order valence-corrected chi connectivity index (χ1v) is 2.35. The number of aliphatic carboxylic acids is 2. The molecule has 12 heavy (non-hydrogen) atoms. The third-order valence-corrected chi connectivity index (χ3v) is 0.362. The highest BCUT2D eigenvalue weighted by atomic mass is 16.4. The number of guanidine groups is 1. The van der Waals surface area contributed by atoms with E-state index in [4.69, 9.17) is 36.5 Å². The van der Waals surface area contributed by atoms with Crippen LogP contribution in [0.2, 0.25) is 0 Å². The Balaban J connectivity index is 0. The molecule has 0 bridgehead atoms. The Morgan fingerprint density at radius 2 is 1.58 bits per heavy atom. The van der Waals surface area contributed by atoms with E-state index in [1.54, 1.807) is 0 Å².